The number of ether oxygens (including phenoxy) is 1. The fourth-order valence-electron chi connectivity index (χ4n) is 3.90. The number of halogens is 1. The quantitative estimate of drug-likeness (QED) is 0.370. The third kappa shape index (κ3) is 4.18. The molecule has 5 nitrogen and oxygen atoms in total. The van der Waals surface area contributed by atoms with Gasteiger partial charge in [-0.25, -0.2) is 9.79 Å². The summed E-state index contributed by atoms with van der Waals surface area (Å²) in [5.41, 5.74) is 2.15. The number of rotatable bonds is 5. The molecule has 0 aliphatic carbocycles. The number of nitrogens with zero attached hydrogens (tertiary/aromatic N) is 2. The second-order valence-corrected chi connectivity index (χ2v) is 9.92. The molecule has 0 saturated heterocycles. The van der Waals surface area contributed by atoms with Crippen molar-refractivity contribution in [3.05, 3.63) is 118 Å². The van der Waals surface area contributed by atoms with Crippen molar-refractivity contribution >= 4 is 52.0 Å². The zero-order valence-electron chi connectivity index (χ0n) is 18.1. The van der Waals surface area contributed by atoms with Crippen molar-refractivity contribution in [3.63, 3.8) is 0 Å². The van der Waals surface area contributed by atoms with Crippen molar-refractivity contribution in [2.75, 3.05) is 6.61 Å². The van der Waals surface area contributed by atoms with Crippen molar-refractivity contribution < 1.29 is 9.53 Å². The third-order valence-electron chi connectivity index (χ3n) is 5.38. The summed E-state index contributed by atoms with van der Waals surface area (Å²) in [5, 5.41) is 2.53. The minimum atomic E-state index is -0.701. The van der Waals surface area contributed by atoms with Gasteiger partial charge >= 0.3 is 5.97 Å². The molecule has 1 aliphatic heterocycles. The van der Waals surface area contributed by atoms with Crippen LogP contribution >= 0.6 is 34.3 Å². The number of aromatic nitrogens is 1. The highest BCUT2D eigenvalue weighted by Crippen LogP contribution is 2.35. The summed E-state index contributed by atoms with van der Waals surface area (Å²) in [7, 11) is 0. The molecule has 5 rings (SSSR count). The van der Waals surface area contributed by atoms with E-state index in [2.05, 4.69) is 0 Å². The Kier molecular flexibility index (Phi) is 6.32. The predicted molar refractivity (Wildman–Crippen MR) is 137 cm³/mol. The van der Waals surface area contributed by atoms with E-state index < -0.39 is 12.0 Å². The van der Waals surface area contributed by atoms with Crippen LogP contribution < -0.4 is 14.9 Å². The van der Waals surface area contributed by atoms with Gasteiger partial charge in [0.1, 0.15) is 0 Å². The molecule has 0 amide bonds. The van der Waals surface area contributed by atoms with Gasteiger partial charge in [-0.2, -0.15) is 0 Å². The second-order valence-electron chi connectivity index (χ2n) is 7.50. The lowest BCUT2D eigenvalue weighted by atomic mass is 9.93. The fraction of sp³-hybridized carbons (Fsp3) is 0.115. The van der Waals surface area contributed by atoms with E-state index in [-0.39, 0.29) is 12.2 Å². The van der Waals surface area contributed by atoms with Gasteiger partial charge in [0.2, 0.25) is 0 Å². The Morgan fingerprint density at radius 3 is 2.56 bits per heavy atom. The van der Waals surface area contributed by atoms with Crippen LogP contribution in [-0.2, 0) is 9.53 Å². The molecule has 2 aromatic carbocycles. The summed E-state index contributed by atoms with van der Waals surface area (Å²) in [4.78, 5) is 33.3. The number of hydrogen-bond donors (Lipinski definition) is 0. The van der Waals surface area contributed by atoms with E-state index in [9.17, 15) is 9.59 Å². The second kappa shape index (κ2) is 9.54. The molecule has 0 saturated carbocycles. The fourth-order valence-corrected chi connectivity index (χ4v) is 5.75. The van der Waals surface area contributed by atoms with Gasteiger partial charge in [-0.15, -0.1) is 11.3 Å². The Morgan fingerprint density at radius 2 is 1.88 bits per heavy atom. The third-order valence-corrected chi connectivity index (χ3v) is 7.43. The minimum absolute atomic E-state index is 0.203. The lowest BCUT2D eigenvalue weighted by molar-refractivity contribution is -0.138. The molecule has 170 valence electrons. The molecule has 1 unspecified atom stereocenters. The van der Waals surface area contributed by atoms with Crippen molar-refractivity contribution in [3.8, 4) is 0 Å². The Morgan fingerprint density at radius 1 is 1.12 bits per heavy atom. The van der Waals surface area contributed by atoms with Crippen molar-refractivity contribution in [2.45, 2.75) is 13.0 Å². The van der Waals surface area contributed by atoms with Crippen LogP contribution in [0.3, 0.4) is 0 Å². The number of esters is 1. The lowest BCUT2D eigenvalue weighted by Crippen LogP contribution is -2.39. The Hall–Kier alpha value is -3.26. The topological polar surface area (TPSA) is 60.7 Å². The van der Waals surface area contributed by atoms with Gasteiger partial charge in [0, 0.05) is 15.5 Å². The maximum Gasteiger partial charge on any atom is 0.338 e. The number of carbonyl (C=O) groups is 1. The highest BCUT2D eigenvalue weighted by atomic mass is 35.5. The number of hydrogen-bond acceptors (Lipinski definition) is 6. The number of thiophene rings is 1. The van der Waals surface area contributed by atoms with Gasteiger partial charge in [0.05, 0.1) is 28.5 Å². The predicted octanol–water partition coefficient (Wildman–Crippen LogP) is 4.65. The highest BCUT2D eigenvalue weighted by molar-refractivity contribution is 7.11. The maximum absolute atomic E-state index is 13.6. The van der Waals surface area contributed by atoms with Gasteiger partial charge < -0.3 is 4.74 Å². The first-order valence-electron chi connectivity index (χ1n) is 10.6. The van der Waals surface area contributed by atoms with E-state index in [0.717, 1.165) is 16.0 Å². The van der Waals surface area contributed by atoms with Gasteiger partial charge in [-0.1, -0.05) is 71.5 Å². The summed E-state index contributed by atoms with van der Waals surface area (Å²) in [5.74, 6) is -0.502. The first-order chi connectivity index (χ1) is 16.6. The zero-order chi connectivity index (χ0) is 23.7. The monoisotopic (exact) mass is 506 g/mol. The smallest absolute Gasteiger partial charge is 0.338 e. The first kappa shape index (κ1) is 22.5. The Labute approximate surface area is 208 Å². The molecule has 34 heavy (non-hydrogen) atoms. The average molecular weight is 507 g/mol. The van der Waals surface area contributed by atoms with E-state index in [0.29, 0.717) is 25.6 Å². The van der Waals surface area contributed by atoms with Crippen LogP contribution in [0.25, 0.3) is 11.8 Å². The molecular formula is C26H19ClN2O3S2. The SMILES string of the molecule is CCOC(=O)C1=C(c2ccccc2)N=c2s/c(=C/c3cccs3)c(=O)n2C1c1ccc(Cl)cc1. The van der Waals surface area contributed by atoms with Gasteiger partial charge in [0.25, 0.3) is 5.56 Å². The van der Waals surface area contributed by atoms with E-state index >= 15 is 0 Å². The molecular weight excluding hydrogens is 488 g/mol. The number of fused-ring (bicyclic) bond motifs is 1. The molecule has 8 heteroatoms. The van der Waals surface area contributed by atoms with Gasteiger partial charge in [-0.3, -0.25) is 9.36 Å². The lowest BCUT2D eigenvalue weighted by Gasteiger charge is -2.25. The Bertz CT molecular complexity index is 1550. The Balaban J connectivity index is 1.84. The number of benzene rings is 2. The van der Waals surface area contributed by atoms with Crippen LogP contribution in [0.15, 0.2) is 87.5 Å². The first-order valence-corrected chi connectivity index (χ1v) is 12.7. The van der Waals surface area contributed by atoms with Crippen LogP contribution in [0.1, 0.15) is 29.0 Å². The minimum Gasteiger partial charge on any atom is -0.463 e. The van der Waals surface area contributed by atoms with E-state index in [1.54, 1.807) is 35.0 Å². The molecule has 1 atom stereocenters. The normalized spacial score (nSPS) is 15.7. The van der Waals surface area contributed by atoms with Crippen molar-refractivity contribution in [1.82, 2.24) is 4.57 Å². The highest BCUT2D eigenvalue weighted by Gasteiger charge is 2.35. The molecule has 2 aromatic heterocycles. The molecule has 1 aliphatic rings. The van der Waals surface area contributed by atoms with Crippen LogP contribution in [0.5, 0.6) is 0 Å². The van der Waals surface area contributed by atoms with E-state index in [1.807, 2.05) is 66.1 Å². The number of carbonyl (C=O) groups excluding carboxylic acids is 1. The average Bonchev–Trinajstić information content (AvgIpc) is 3.47. The zero-order valence-corrected chi connectivity index (χ0v) is 20.5. The van der Waals surface area contributed by atoms with E-state index in [1.165, 1.54) is 11.3 Å². The van der Waals surface area contributed by atoms with Gasteiger partial charge in [0.15, 0.2) is 4.80 Å². The molecule has 0 fully saturated rings. The summed E-state index contributed by atoms with van der Waals surface area (Å²) in [6.07, 6.45) is 1.86. The standard InChI is InChI=1S/C26H19ClN2O3S2/c1-2-32-25(31)21-22(16-7-4-3-5-8-16)28-26-29(23(21)17-10-12-18(27)13-11-17)24(30)20(34-26)15-19-9-6-14-33-19/h3-15,23H,2H2,1H3/b20-15+. The van der Waals surface area contributed by atoms with E-state index in [4.69, 9.17) is 21.3 Å². The van der Waals surface area contributed by atoms with Crippen LogP contribution in [-0.4, -0.2) is 17.1 Å². The van der Waals surface area contributed by atoms with Crippen molar-refractivity contribution in [2.24, 2.45) is 4.99 Å². The largest absolute Gasteiger partial charge is 0.463 e. The molecule has 0 N–H and O–H groups in total. The van der Waals surface area contributed by atoms with Crippen LogP contribution in [0.4, 0.5) is 0 Å². The van der Waals surface area contributed by atoms with Gasteiger partial charge in [-0.05, 0) is 42.1 Å². The molecule has 0 bridgehead atoms. The molecule has 0 radical (unpaired) electrons. The maximum atomic E-state index is 13.6. The molecule has 3 heterocycles. The summed E-state index contributed by atoms with van der Waals surface area (Å²) >= 11 is 9.01. The number of thiazole rings is 1. The summed E-state index contributed by atoms with van der Waals surface area (Å²) in [6, 6.07) is 19.9. The van der Waals surface area contributed by atoms with Crippen LogP contribution in [0, 0.1) is 0 Å². The van der Waals surface area contributed by atoms with Crippen molar-refractivity contribution in [1.29, 1.82) is 0 Å². The summed E-state index contributed by atoms with van der Waals surface area (Å²) < 4.78 is 7.60. The molecule has 0 spiro atoms. The summed E-state index contributed by atoms with van der Waals surface area (Å²) in [6.45, 7) is 1.97. The van der Waals surface area contributed by atoms with Crippen LogP contribution in [0.2, 0.25) is 5.02 Å². The molecule has 4 aromatic rings.